The van der Waals surface area contributed by atoms with Crippen LogP contribution in [0.15, 0.2) is 42.5 Å². The van der Waals surface area contributed by atoms with Gasteiger partial charge in [0.1, 0.15) is 0 Å². The molecular weight excluding hydrogens is 262 g/mol. The van der Waals surface area contributed by atoms with Crippen LogP contribution in [0.4, 0.5) is 0 Å². The fourth-order valence-electron chi connectivity index (χ4n) is 3.46. The number of nitrogens with one attached hydrogen (secondary N) is 1. The summed E-state index contributed by atoms with van der Waals surface area (Å²) in [7, 11) is 1.03. The maximum Gasteiger partial charge on any atom is 0.0743 e. The van der Waals surface area contributed by atoms with E-state index in [0.717, 1.165) is 23.3 Å². The Labute approximate surface area is 121 Å². The first-order valence-electron chi connectivity index (χ1n) is 7.42. The molecule has 0 saturated carbocycles. The highest BCUT2D eigenvalue weighted by atomic mass is 28.1. The maximum absolute atomic E-state index is 6.20. The number of aromatic amines is 1. The van der Waals surface area contributed by atoms with Gasteiger partial charge in [-0.15, -0.1) is 0 Å². The summed E-state index contributed by atoms with van der Waals surface area (Å²) < 4.78 is 6.20. The average molecular weight is 281 g/mol. The van der Waals surface area contributed by atoms with Gasteiger partial charge in [0.15, 0.2) is 0 Å². The first-order valence-corrected chi connectivity index (χ1v) is 8.42. The van der Waals surface area contributed by atoms with E-state index >= 15 is 0 Å². The Kier molecular flexibility index (Phi) is 2.72. The van der Waals surface area contributed by atoms with E-state index in [2.05, 4.69) is 47.4 Å². The monoisotopic (exact) mass is 281 g/mol. The van der Waals surface area contributed by atoms with Gasteiger partial charge < -0.3 is 9.72 Å². The van der Waals surface area contributed by atoms with Gasteiger partial charge in [-0.25, -0.2) is 0 Å². The smallest absolute Gasteiger partial charge is 0.0743 e. The Hall–Kier alpha value is -1.58. The minimum atomic E-state index is -0.0152. The van der Waals surface area contributed by atoms with Gasteiger partial charge in [0.25, 0.3) is 0 Å². The number of aromatic nitrogens is 1. The molecule has 1 fully saturated rings. The second-order valence-corrected chi connectivity index (χ2v) is 7.55. The molecule has 3 heteroatoms. The van der Waals surface area contributed by atoms with Crippen LogP contribution in [0, 0.1) is 0 Å². The van der Waals surface area contributed by atoms with Crippen molar-refractivity contribution in [2.75, 3.05) is 6.61 Å². The van der Waals surface area contributed by atoms with Crippen LogP contribution in [-0.4, -0.2) is 21.8 Å². The molecule has 0 bridgehead atoms. The Morgan fingerprint density at radius 2 is 1.85 bits per heavy atom. The molecule has 1 N–H and O–H groups in total. The number of hydrogen-bond donors (Lipinski definition) is 1. The summed E-state index contributed by atoms with van der Waals surface area (Å²) >= 11 is 0. The molecule has 2 nitrogen and oxygen atoms in total. The lowest BCUT2D eigenvalue weighted by atomic mass is 9.98. The highest BCUT2D eigenvalue weighted by molar-refractivity contribution is 6.17. The van der Waals surface area contributed by atoms with Gasteiger partial charge in [0.2, 0.25) is 0 Å². The van der Waals surface area contributed by atoms with Gasteiger partial charge >= 0.3 is 0 Å². The predicted molar refractivity (Wildman–Crippen MR) is 87.2 cm³/mol. The summed E-state index contributed by atoms with van der Waals surface area (Å²) in [6.45, 7) is 0.903. The van der Waals surface area contributed by atoms with Crippen LogP contribution in [0.25, 0.3) is 21.8 Å². The molecule has 4 rings (SSSR count). The number of ether oxygens (including phenoxy) is 1. The van der Waals surface area contributed by atoms with E-state index < -0.39 is 0 Å². The average Bonchev–Trinajstić information content (AvgIpc) is 2.86. The molecular formula is C17H19NOSi. The zero-order valence-electron chi connectivity index (χ0n) is 11.8. The molecule has 20 heavy (non-hydrogen) atoms. The molecule has 2 aromatic carbocycles. The zero-order valence-corrected chi connectivity index (χ0v) is 13.8. The Morgan fingerprint density at radius 3 is 2.70 bits per heavy atom. The number of benzene rings is 2. The van der Waals surface area contributed by atoms with Crippen LogP contribution in [0.3, 0.4) is 0 Å². The van der Waals surface area contributed by atoms with Crippen LogP contribution in [0.2, 0.25) is 0 Å². The summed E-state index contributed by atoms with van der Waals surface area (Å²) in [6, 6.07) is 15.2. The number of rotatable bonds is 1. The van der Waals surface area contributed by atoms with E-state index in [1.165, 1.54) is 40.2 Å². The van der Waals surface area contributed by atoms with Crippen molar-refractivity contribution in [3.8, 4) is 0 Å². The predicted octanol–water partition coefficient (Wildman–Crippen LogP) is 3.04. The van der Waals surface area contributed by atoms with Gasteiger partial charge in [-0.2, -0.15) is 0 Å². The number of para-hydroxylation sites is 2. The second kappa shape index (κ2) is 4.47. The molecule has 2 heterocycles. The lowest BCUT2D eigenvalue weighted by molar-refractivity contribution is -0.0201. The topological polar surface area (TPSA) is 25.0 Å². The molecule has 0 aliphatic carbocycles. The van der Waals surface area contributed by atoms with Crippen molar-refractivity contribution in [2.45, 2.75) is 24.5 Å². The molecule has 1 aliphatic rings. The van der Waals surface area contributed by atoms with Gasteiger partial charge in [-0.1, -0.05) is 36.4 Å². The molecule has 1 unspecified atom stereocenters. The number of H-pyrrole nitrogens is 1. The molecule has 0 spiro atoms. The third kappa shape index (κ3) is 1.74. The van der Waals surface area contributed by atoms with Crippen LogP contribution < -0.4 is 0 Å². The van der Waals surface area contributed by atoms with Crippen LogP contribution in [0.1, 0.15) is 24.8 Å². The van der Waals surface area contributed by atoms with Crippen LogP contribution >= 0.6 is 0 Å². The van der Waals surface area contributed by atoms with Gasteiger partial charge in [0, 0.05) is 38.7 Å². The first kappa shape index (κ1) is 12.2. The van der Waals surface area contributed by atoms with E-state index in [0.29, 0.717) is 0 Å². The lowest BCUT2D eigenvalue weighted by Crippen LogP contribution is -2.34. The van der Waals surface area contributed by atoms with Crippen molar-refractivity contribution in [3.63, 3.8) is 0 Å². The Balaban J connectivity index is 2.00. The SMILES string of the molecule is [SiH3]C1(c2cccc3c2[nH]c2ccccc23)CCCCO1. The van der Waals surface area contributed by atoms with Crippen molar-refractivity contribution in [1.82, 2.24) is 4.98 Å². The minimum Gasteiger partial charge on any atom is -0.375 e. The third-order valence-corrected chi connectivity index (χ3v) is 5.91. The fourth-order valence-corrected chi connectivity index (χ4v) is 4.43. The molecule has 0 radical (unpaired) electrons. The highest BCUT2D eigenvalue weighted by Crippen LogP contribution is 2.37. The van der Waals surface area contributed by atoms with Gasteiger partial charge in [0.05, 0.1) is 10.7 Å². The Bertz CT molecular complexity index is 771. The summed E-state index contributed by atoms with van der Waals surface area (Å²) in [5.74, 6) is 0. The summed E-state index contributed by atoms with van der Waals surface area (Å²) in [5.41, 5.74) is 3.85. The normalized spacial score (nSPS) is 23.6. The van der Waals surface area contributed by atoms with E-state index in [-0.39, 0.29) is 5.22 Å². The zero-order chi connectivity index (χ0) is 13.6. The van der Waals surface area contributed by atoms with E-state index in [1.54, 1.807) is 0 Å². The second-order valence-electron chi connectivity index (χ2n) is 5.94. The maximum atomic E-state index is 6.20. The van der Waals surface area contributed by atoms with Crippen molar-refractivity contribution in [1.29, 1.82) is 0 Å². The minimum absolute atomic E-state index is 0.0152. The standard InChI is InChI=1S/C17H19NOSi/c20-17(10-3-4-11-19-17)14-8-5-7-13-12-6-1-2-9-15(12)18-16(13)14/h1-2,5-9,18H,3-4,10-11H2,20H3. The quantitative estimate of drug-likeness (QED) is 0.681. The van der Waals surface area contributed by atoms with Crippen molar-refractivity contribution in [2.24, 2.45) is 0 Å². The summed E-state index contributed by atoms with van der Waals surface area (Å²) in [6.07, 6.45) is 3.64. The molecule has 0 amide bonds. The first-order chi connectivity index (χ1) is 9.78. The molecule has 1 aromatic heterocycles. The molecule has 1 atom stereocenters. The van der Waals surface area contributed by atoms with Gasteiger partial charge in [-0.05, 0) is 25.3 Å². The van der Waals surface area contributed by atoms with E-state index in [1.807, 2.05) is 0 Å². The third-order valence-electron chi connectivity index (χ3n) is 4.58. The molecule has 1 saturated heterocycles. The molecule has 3 aromatic rings. The summed E-state index contributed by atoms with van der Waals surface area (Å²) in [5, 5.41) is 2.62. The fraction of sp³-hybridized carbons (Fsp3) is 0.294. The molecule has 102 valence electrons. The number of fused-ring (bicyclic) bond motifs is 3. The lowest BCUT2D eigenvalue weighted by Gasteiger charge is -2.35. The summed E-state index contributed by atoms with van der Waals surface area (Å²) in [4.78, 5) is 3.61. The van der Waals surface area contributed by atoms with Crippen molar-refractivity contribution in [3.05, 3.63) is 48.0 Å². The Morgan fingerprint density at radius 1 is 1.00 bits per heavy atom. The largest absolute Gasteiger partial charge is 0.375 e. The van der Waals surface area contributed by atoms with Crippen molar-refractivity contribution >= 4 is 32.0 Å². The van der Waals surface area contributed by atoms with Gasteiger partial charge in [-0.3, -0.25) is 0 Å². The van der Waals surface area contributed by atoms with E-state index in [4.69, 9.17) is 4.74 Å². The van der Waals surface area contributed by atoms with Crippen molar-refractivity contribution < 1.29 is 4.74 Å². The highest BCUT2D eigenvalue weighted by Gasteiger charge is 2.31. The number of hydrogen-bond acceptors (Lipinski definition) is 1. The van der Waals surface area contributed by atoms with Crippen LogP contribution in [0.5, 0.6) is 0 Å². The van der Waals surface area contributed by atoms with E-state index in [9.17, 15) is 0 Å². The van der Waals surface area contributed by atoms with Crippen LogP contribution in [-0.2, 0) is 9.96 Å². The molecule has 1 aliphatic heterocycles.